The Kier molecular flexibility index (Phi) is 6.98. The highest BCUT2D eigenvalue weighted by Crippen LogP contribution is 2.38. The Morgan fingerprint density at radius 1 is 1.22 bits per heavy atom. The van der Waals surface area contributed by atoms with E-state index in [1.807, 2.05) is 37.3 Å². The Morgan fingerprint density at radius 2 is 1.78 bits per heavy atom. The molecule has 4 nitrogen and oxygen atoms in total. The summed E-state index contributed by atoms with van der Waals surface area (Å²) in [4.78, 5) is 12.4. The van der Waals surface area contributed by atoms with Crippen LogP contribution < -0.4 is 5.73 Å². The van der Waals surface area contributed by atoms with Gasteiger partial charge < -0.3 is 14.9 Å². The van der Waals surface area contributed by atoms with Gasteiger partial charge >= 0.3 is 5.97 Å². The highest BCUT2D eigenvalue weighted by atomic mass is 28.4. The molecule has 0 bridgehead atoms. The third-order valence-electron chi connectivity index (χ3n) is 4.63. The first-order valence-electron chi connectivity index (χ1n) is 8.17. The first-order valence-corrected chi connectivity index (χ1v) is 11.1. The van der Waals surface area contributed by atoms with Crippen LogP contribution in [-0.4, -0.2) is 26.9 Å². The maximum atomic E-state index is 12.4. The van der Waals surface area contributed by atoms with Crippen LogP contribution in [0.1, 0.15) is 33.3 Å². The molecule has 0 radical (unpaired) electrons. The van der Waals surface area contributed by atoms with Crippen molar-refractivity contribution in [1.82, 2.24) is 0 Å². The van der Waals surface area contributed by atoms with Crippen molar-refractivity contribution in [1.29, 1.82) is 0 Å². The van der Waals surface area contributed by atoms with Crippen LogP contribution in [0.2, 0.25) is 18.1 Å². The molecule has 0 fully saturated rings. The van der Waals surface area contributed by atoms with Crippen LogP contribution in [0.5, 0.6) is 0 Å². The molecule has 0 aliphatic carbocycles. The van der Waals surface area contributed by atoms with Gasteiger partial charge in [-0.15, -0.1) is 0 Å². The molecule has 130 valence electrons. The summed E-state index contributed by atoms with van der Waals surface area (Å²) in [5, 5.41) is 0.0916. The van der Waals surface area contributed by atoms with Gasteiger partial charge in [0.1, 0.15) is 6.61 Å². The maximum absolute atomic E-state index is 12.4. The zero-order chi connectivity index (χ0) is 17.7. The lowest BCUT2D eigenvalue weighted by Gasteiger charge is -2.39. The molecular weight excluding hydrogens is 306 g/mol. The third kappa shape index (κ3) is 5.75. The number of carbonyl (C=O) groups is 1. The second-order valence-electron chi connectivity index (χ2n) is 7.52. The van der Waals surface area contributed by atoms with E-state index in [0.717, 1.165) is 5.56 Å². The topological polar surface area (TPSA) is 61.5 Å². The summed E-state index contributed by atoms with van der Waals surface area (Å²) in [5.74, 6) is -0.726. The zero-order valence-corrected chi connectivity index (χ0v) is 16.3. The number of carbonyl (C=O) groups excluding carboxylic acids is 1. The number of nitrogens with two attached hydrogens (primary N) is 1. The number of hydrogen-bond acceptors (Lipinski definition) is 4. The molecule has 0 heterocycles. The average molecular weight is 338 g/mol. The molecule has 0 saturated carbocycles. The van der Waals surface area contributed by atoms with Crippen LogP contribution in [0, 0.1) is 5.92 Å². The largest absolute Gasteiger partial charge is 0.460 e. The van der Waals surface area contributed by atoms with E-state index < -0.39 is 14.2 Å². The van der Waals surface area contributed by atoms with E-state index in [-0.39, 0.29) is 30.3 Å². The van der Waals surface area contributed by atoms with E-state index in [4.69, 9.17) is 14.9 Å². The van der Waals surface area contributed by atoms with Crippen molar-refractivity contribution in [3.05, 3.63) is 35.9 Å². The molecule has 1 aromatic carbocycles. The van der Waals surface area contributed by atoms with E-state index in [9.17, 15) is 4.79 Å². The maximum Gasteiger partial charge on any atom is 0.313 e. The van der Waals surface area contributed by atoms with E-state index in [2.05, 4.69) is 33.9 Å². The number of ether oxygens (including phenoxy) is 1. The van der Waals surface area contributed by atoms with Crippen molar-refractivity contribution in [2.24, 2.45) is 11.7 Å². The van der Waals surface area contributed by atoms with Crippen LogP contribution in [0.3, 0.4) is 0 Å². The second-order valence-corrected chi connectivity index (χ2v) is 12.3. The molecule has 2 N–H and O–H groups in total. The Morgan fingerprint density at radius 3 is 2.26 bits per heavy atom. The molecule has 0 unspecified atom stereocenters. The molecule has 0 spiro atoms. The van der Waals surface area contributed by atoms with Crippen molar-refractivity contribution >= 4 is 14.3 Å². The Labute approximate surface area is 141 Å². The summed E-state index contributed by atoms with van der Waals surface area (Å²) in [6.07, 6.45) is -0.246. The van der Waals surface area contributed by atoms with Gasteiger partial charge in [-0.05, 0) is 30.6 Å². The predicted molar refractivity (Wildman–Crippen MR) is 96.5 cm³/mol. The minimum Gasteiger partial charge on any atom is -0.460 e. The van der Waals surface area contributed by atoms with E-state index in [0.29, 0.717) is 0 Å². The van der Waals surface area contributed by atoms with Crippen molar-refractivity contribution in [2.75, 3.05) is 6.54 Å². The molecule has 0 aliphatic rings. The molecule has 1 rings (SSSR count). The van der Waals surface area contributed by atoms with Crippen LogP contribution in [0.25, 0.3) is 0 Å². The Balaban J connectivity index is 2.65. The van der Waals surface area contributed by atoms with E-state index >= 15 is 0 Å². The summed E-state index contributed by atoms with van der Waals surface area (Å²) >= 11 is 0. The SMILES string of the molecule is C[C@@H](O[Si](C)(C)C(C)(C)C)[C@H](CN)C(=O)OCc1ccccc1. The molecule has 0 aliphatic heterocycles. The monoisotopic (exact) mass is 337 g/mol. The molecule has 5 heteroatoms. The van der Waals surface area contributed by atoms with Gasteiger partial charge in [-0.3, -0.25) is 4.79 Å². The highest BCUT2D eigenvalue weighted by molar-refractivity contribution is 6.74. The molecule has 0 saturated heterocycles. The lowest BCUT2D eigenvalue weighted by molar-refractivity contribution is -0.152. The average Bonchev–Trinajstić information content (AvgIpc) is 2.45. The second kappa shape index (κ2) is 8.08. The van der Waals surface area contributed by atoms with Crippen LogP contribution >= 0.6 is 0 Å². The van der Waals surface area contributed by atoms with Crippen molar-refractivity contribution in [2.45, 2.75) is 58.5 Å². The van der Waals surface area contributed by atoms with Gasteiger partial charge in [0.15, 0.2) is 8.32 Å². The number of benzene rings is 1. The molecular formula is C18H31NO3Si. The van der Waals surface area contributed by atoms with Gasteiger partial charge in [0.2, 0.25) is 0 Å². The standard InChI is InChI=1S/C18H31NO3Si/c1-14(22-23(5,6)18(2,3)4)16(12-19)17(20)21-13-15-10-8-7-9-11-15/h7-11,14,16H,12-13,19H2,1-6H3/t14-,16+/m1/s1. The molecule has 23 heavy (non-hydrogen) atoms. The van der Waals surface area contributed by atoms with Crippen molar-refractivity contribution in [3.8, 4) is 0 Å². The number of esters is 1. The molecule has 0 amide bonds. The first-order chi connectivity index (χ1) is 10.6. The minimum absolute atomic E-state index is 0.0916. The number of rotatable bonds is 7. The van der Waals surface area contributed by atoms with Crippen LogP contribution in [0.4, 0.5) is 0 Å². The van der Waals surface area contributed by atoms with Gasteiger partial charge in [0, 0.05) is 6.54 Å². The number of hydrogen-bond donors (Lipinski definition) is 1. The van der Waals surface area contributed by atoms with Crippen molar-refractivity contribution < 1.29 is 14.0 Å². The normalized spacial score (nSPS) is 15.1. The van der Waals surface area contributed by atoms with Crippen molar-refractivity contribution in [3.63, 3.8) is 0 Å². The lowest BCUT2D eigenvalue weighted by Crippen LogP contribution is -2.47. The summed E-state index contributed by atoms with van der Waals surface area (Å²) in [6, 6.07) is 9.64. The predicted octanol–water partition coefficient (Wildman–Crippen LogP) is 3.72. The smallest absolute Gasteiger partial charge is 0.313 e. The van der Waals surface area contributed by atoms with E-state index in [1.165, 1.54) is 0 Å². The quantitative estimate of drug-likeness (QED) is 0.608. The zero-order valence-electron chi connectivity index (χ0n) is 15.3. The molecule has 1 aromatic rings. The molecule has 0 aromatic heterocycles. The Bertz CT molecular complexity index is 497. The van der Waals surface area contributed by atoms with Crippen LogP contribution in [-0.2, 0) is 20.6 Å². The van der Waals surface area contributed by atoms with E-state index in [1.54, 1.807) is 0 Å². The van der Waals surface area contributed by atoms with Crippen LogP contribution in [0.15, 0.2) is 30.3 Å². The van der Waals surface area contributed by atoms with Gasteiger partial charge in [-0.2, -0.15) is 0 Å². The van der Waals surface area contributed by atoms with Gasteiger partial charge in [-0.25, -0.2) is 0 Å². The van der Waals surface area contributed by atoms with Gasteiger partial charge in [0.25, 0.3) is 0 Å². The fourth-order valence-corrected chi connectivity index (χ4v) is 3.49. The lowest BCUT2D eigenvalue weighted by atomic mass is 10.1. The first kappa shape index (κ1) is 19.9. The van der Waals surface area contributed by atoms with Gasteiger partial charge in [0.05, 0.1) is 12.0 Å². The summed E-state index contributed by atoms with van der Waals surface area (Å²) in [7, 11) is -1.94. The fourth-order valence-electron chi connectivity index (χ4n) is 2.04. The Hall–Kier alpha value is -1.17. The summed E-state index contributed by atoms with van der Waals surface area (Å²) < 4.78 is 11.7. The summed E-state index contributed by atoms with van der Waals surface area (Å²) in [5.41, 5.74) is 6.77. The third-order valence-corrected chi connectivity index (χ3v) is 9.21. The highest BCUT2D eigenvalue weighted by Gasteiger charge is 2.40. The molecule has 2 atom stereocenters. The summed E-state index contributed by atoms with van der Waals surface area (Å²) in [6.45, 7) is 13.3. The fraction of sp³-hybridized carbons (Fsp3) is 0.611. The minimum atomic E-state index is -1.94. The van der Waals surface area contributed by atoms with Gasteiger partial charge in [-0.1, -0.05) is 51.1 Å².